The van der Waals surface area contributed by atoms with Crippen LogP contribution in [-0.4, -0.2) is 41.9 Å². The normalized spacial score (nSPS) is 18.2. The van der Waals surface area contributed by atoms with E-state index in [1.165, 1.54) is 19.1 Å². The van der Waals surface area contributed by atoms with Crippen molar-refractivity contribution in [3.63, 3.8) is 0 Å². The Balaban J connectivity index is 1.56. The predicted octanol–water partition coefficient (Wildman–Crippen LogP) is 2.08. The van der Waals surface area contributed by atoms with Crippen molar-refractivity contribution in [2.24, 2.45) is 0 Å². The van der Waals surface area contributed by atoms with Crippen LogP contribution in [0.25, 0.3) is 0 Å². The first kappa shape index (κ1) is 21.0. The average Bonchev–Trinajstić information content (AvgIpc) is 2.93. The van der Waals surface area contributed by atoms with Gasteiger partial charge in [0.15, 0.2) is 6.61 Å². The second kappa shape index (κ2) is 8.32. The standard InChI is InChI=1S/C21H20FN3O5/c1-13-8-9-16(15(22)10-13)23-17(26)12-30-18(27)11-25-19(28)21(2,24-20(25)29)14-6-4-3-5-7-14/h3-10H,11-12H2,1-2H3,(H,23,26)(H,24,29)/t21-/m0/s1. The number of carbonyl (C=O) groups is 4. The summed E-state index contributed by atoms with van der Waals surface area (Å²) < 4.78 is 18.6. The van der Waals surface area contributed by atoms with E-state index in [1.54, 1.807) is 43.3 Å². The summed E-state index contributed by atoms with van der Waals surface area (Å²) in [5.74, 6) is -2.93. The number of anilines is 1. The van der Waals surface area contributed by atoms with E-state index in [0.29, 0.717) is 11.1 Å². The number of imide groups is 1. The number of rotatable bonds is 6. The Morgan fingerprint density at radius 2 is 1.87 bits per heavy atom. The SMILES string of the molecule is Cc1ccc(NC(=O)COC(=O)CN2C(=O)N[C@@](C)(c3ccccc3)C2=O)c(F)c1. The van der Waals surface area contributed by atoms with E-state index in [9.17, 15) is 23.6 Å². The van der Waals surface area contributed by atoms with Crippen LogP contribution < -0.4 is 10.6 Å². The third-order valence-electron chi connectivity index (χ3n) is 4.68. The van der Waals surface area contributed by atoms with Gasteiger partial charge in [-0.1, -0.05) is 36.4 Å². The van der Waals surface area contributed by atoms with Crippen LogP contribution in [-0.2, 0) is 24.7 Å². The number of halogens is 1. The zero-order valence-electron chi connectivity index (χ0n) is 16.4. The molecule has 0 aliphatic carbocycles. The molecule has 3 rings (SSSR count). The summed E-state index contributed by atoms with van der Waals surface area (Å²) in [5.41, 5.74) is -0.0972. The molecular weight excluding hydrogens is 393 g/mol. The van der Waals surface area contributed by atoms with Crippen molar-refractivity contribution in [3.8, 4) is 0 Å². The zero-order chi connectivity index (χ0) is 21.9. The number of nitrogens with one attached hydrogen (secondary N) is 2. The number of amides is 4. The van der Waals surface area contributed by atoms with E-state index in [2.05, 4.69) is 10.6 Å². The van der Waals surface area contributed by atoms with Crippen LogP contribution in [0.5, 0.6) is 0 Å². The molecule has 0 spiro atoms. The van der Waals surface area contributed by atoms with Gasteiger partial charge in [-0.05, 0) is 37.1 Å². The summed E-state index contributed by atoms with van der Waals surface area (Å²) in [6.07, 6.45) is 0. The van der Waals surface area contributed by atoms with Crippen LogP contribution in [0.2, 0.25) is 0 Å². The molecule has 0 radical (unpaired) electrons. The van der Waals surface area contributed by atoms with Gasteiger partial charge in [-0.15, -0.1) is 0 Å². The number of aryl methyl sites for hydroxylation is 1. The third-order valence-corrected chi connectivity index (χ3v) is 4.68. The maximum Gasteiger partial charge on any atom is 0.326 e. The smallest absolute Gasteiger partial charge is 0.326 e. The second-order valence-corrected chi connectivity index (χ2v) is 7.00. The lowest BCUT2D eigenvalue weighted by molar-refractivity contribution is -0.150. The van der Waals surface area contributed by atoms with E-state index >= 15 is 0 Å². The van der Waals surface area contributed by atoms with Gasteiger partial charge in [-0.3, -0.25) is 19.3 Å². The quantitative estimate of drug-likeness (QED) is 0.557. The number of benzene rings is 2. The molecule has 0 aromatic heterocycles. The molecule has 1 atom stereocenters. The lowest BCUT2D eigenvalue weighted by Crippen LogP contribution is -2.41. The fourth-order valence-electron chi connectivity index (χ4n) is 3.04. The minimum atomic E-state index is -1.31. The molecule has 2 N–H and O–H groups in total. The van der Waals surface area contributed by atoms with Crippen LogP contribution >= 0.6 is 0 Å². The lowest BCUT2D eigenvalue weighted by Gasteiger charge is -2.21. The largest absolute Gasteiger partial charge is 0.454 e. The number of ether oxygens (including phenoxy) is 1. The summed E-state index contributed by atoms with van der Waals surface area (Å²) in [7, 11) is 0. The van der Waals surface area contributed by atoms with Crippen LogP contribution in [0.4, 0.5) is 14.9 Å². The highest BCUT2D eigenvalue weighted by molar-refractivity contribution is 6.09. The Labute approximate surface area is 172 Å². The minimum absolute atomic E-state index is 0.0469. The molecular formula is C21H20FN3O5. The van der Waals surface area contributed by atoms with Gasteiger partial charge in [0.25, 0.3) is 11.8 Å². The number of hydrogen-bond donors (Lipinski definition) is 2. The van der Waals surface area contributed by atoms with Crippen molar-refractivity contribution in [1.82, 2.24) is 10.2 Å². The van der Waals surface area contributed by atoms with Crippen LogP contribution in [0.1, 0.15) is 18.1 Å². The molecule has 1 saturated heterocycles. The van der Waals surface area contributed by atoms with Gasteiger partial charge in [-0.2, -0.15) is 0 Å². The molecule has 2 aromatic rings. The number of hydrogen-bond acceptors (Lipinski definition) is 5. The first-order valence-electron chi connectivity index (χ1n) is 9.12. The van der Waals surface area contributed by atoms with Crippen molar-refractivity contribution in [1.29, 1.82) is 0 Å². The van der Waals surface area contributed by atoms with Crippen molar-refractivity contribution >= 4 is 29.5 Å². The number of carbonyl (C=O) groups excluding carboxylic acids is 4. The fraction of sp³-hybridized carbons (Fsp3) is 0.238. The summed E-state index contributed by atoms with van der Waals surface area (Å²) in [5, 5.41) is 4.86. The monoisotopic (exact) mass is 413 g/mol. The first-order chi connectivity index (χ1) is 14.2. The number of nitrogens with zero attached hydrogens (tertiary/aromatic N) is 1. The Hall–Kier alpha value is -3.75. The molecule has 1 heterocycles. The van der Waals surface area contributed by atoms with Gasteiger partial charge in [0.05, 0.1) is 5.69 Å². The second-order valence-electron chi connectivity index (χ2n) is 7.00. The molecule has 30 heavy (non-hydrogen) atoms. The minimum Gasteiger partial charge on any atom is -0.454 e. The molecule has 156 valence electrons. The predicted molar refractivity (Wildman–Crippen MR) is 105 cm³/mol. The molecule has 0 unspecified atom stereocenters. The van der Waals surface area contributed by atoms with Crippen molar-refractivity contribution in [2.75, 3.05) is 18.5 Å². The summed E-state index contributed by atoms with van der Waals surface area (Å²) in [6, 6.07) is 12.1. The first-order valence-corrected chi connectivity index (χ1v) is 9.12. The summed E-state index contributed by atoms with van der Waals surface area (Å²) in [4.78, 5) is 49.6. The van der Waals surface area contributed by atoms with E-state index < -0.39 is 48.3 Å². The highest BCUT2D eigenvalue weighted by Crippen LogP contribution is 2.28. The van der Waals surface area contributed by atoms with E-state index in [0.717, 1.165) is 4.90 Å². The molecule has 2 aromatic carbocycles. The Kier molecular flexibility index (Phi) is 5.81. The molecule has 0 saturated carbocycles. The molecule has 9 heteroatoms. The van der Waals surface area contributed by atoms with Crippen LogP contribution in [0.15, 0.2) is 48.5 Å². The molecule has 4 amide bonds. The van der Waals surface area contributed by atoms with Gasteiger partial charge in [0.2, 0.25) is 0 Å². The van der Waals surface area contributed by atoms with Gasteiger partial charge < -0.3 is 15.4 Å². The van der Waals surface area contributed by atoms with Gasteiger partial charge >= 0.3 is 12.0 Å². The molecule has 1 fully saturated rings. The van der Waals surface area contributed by atoms with Gasteiger partial charge in [0, 0.05) is 0 Å². The Morgan fingerprint density at radius 3 is 2.53 bits per heavy atom. The van der Waals surface area contributed by atoms with Gasteiger partial charge in [-0.25, -0.2) is 9.18 Å². The van der Waals surface area contributed by atoms with Crippen molar-refractivity contribution < 1.29 is 28.3 Å². The van der Waals surface area contributed by atoms with Crippen LogP contribution in [0, 0.1) is 12.7 Å². The fourth-order valence-corrected chi connectivity index (χ4v) is 3.04. The lowest BCUT2D eigenvalue weighted by atomic mass is 9.92. The highest BCUT2D eigenvalue weighted by Gasteiger charge is 2.49. The third kappa shape index (κ3) is 4.29. The summed E-state index contributed by atoms with van der Waals surface area (Å²) >= 11 is 0. The zero-order valence-corrected chi connectivity index (χ0v) is 16.4. The van der Waals surface area contributed by atoms with E-state index in [-0.39, 0.29) is 5.69 Å². The average molecular weight is 413 g/mol. The highest BCUT2D eigenvalue weighted by atomic mass is 19.1. The molecule has 8 nitrogen and oxygen atoms in total. The maximum absolute atomic E-state index is 13.8. The van der Waals surface area contributed by atoms with Gasteiger partial charge in [0.1, 0.15) is 17.9 Å². The van der Waals surface area contributed by atoms with E-state index in [4.69, 9.17) is 4.74 Å². The number of urea groups is 1. The van der Waals surface area contributed by atoms with Crippen molar-refractivity contribution in [3.05, 3.63) is 65.5 Å². The Morgan fingerprint density at radius 1 is 1.17 bits per heavy atom. The summed E-state index contributed by atoms with van der Waals surface area (Å²) in [6.45, 7) is 1.90. The number of esters is 1. The van der Waals surface area contributed by atoms with E-state index in [1.807, 2.05) is 0 Å². The van der Waals surface area contributed by atoms with Crippen LogP contribution in [0.3, 0.4) is 0 Å². The molecule has 1 aliphatic rings. The maximum atomic E-state index is 13.8. The Bertz CT molecular complexity index is 1010. The molecule has 0 bridgehead atoms. The van der Waals surface area contributed by atoms with Crippen molar-refractivity contribution in [2.45, 2.75) is 19.4 Å². The topological polar surface area (TPSA) is 105 Å². The molecule has 1 aliphatic heterocycles.